The Hall–Kier alpha value is -1.64. The standard InChI is InChI=1S/C11H13N3/c1-2-5-9-8-11(14-13-9)10-6-3-4-7-12-10/h3-4,6-8H,2,5H2,1H3,(H,13,14). The van der Waals surface area contributed by atoms with Gasteiger partial charge in [-0.05, 0) is 24.6 Å². The molecule has 0 bridgehead atoms. The Bertz CT molecular complexity index is 392. The van der Waals surface area contributed by atoms with Crippen molar-refractivity contribution in [1.29, 1.82) is 0 Å². The second-order valence-electron chi connectivity index (χ2n) is 3.24. The van der Waals surface area contributed by atoms with Crippen molar-refractivity contribution in [2.24, 2.45) is 0 Å². The van der Waals surface area contributed by atoms with Crippen LogP contribution in [-0.2, 0) is 6.42 Å². The van der Waals surface area contributed by atoms with Crippen LogP contribution in [0.1, 0.15) is 19.0 Å². The molecule has 0 fully saturated rings. The number of H-pyrrole nitrogens is 1. The van der Waals surface area contributed by atoms with Gasteiger partial charge in [0, 0.05) is 11.9 Å². The van der Waals surface area contributed by atoms with E-state index in [0.717, 1.165) is 24.2 Å². The van der Waals surface area contributed by atoms with Gasteiger partial charge in [-0.25, -0.2) is 0 Å². The first-order valence-corrected chi connectivity index (χ1v) is 4.86. The van der Waals surface area contributed by atoms with Gasteiger partial charge in [-0.3, -0.25) is 10.1 Å². The largest absolute Gasteiger partial charge is 0.282 e. The summed E-state index contributed by atoms with van der Waals surface area (Å²) in [5.41, 5.74) is 3.02. The van der Waals surface area contributed by atoms with E-state index < -0.39 is 0 Å². The second kappa shape index (κ2) is 4.05. The molecule has 0 aliphatic carbocycles. The lowest BCUT2D eigenvalue weighted by Crippen LogP contribution is -1.81. The van der Waals surface area contributed by atoms with Crippen LogP contribution in [0.5, 0.6) is 0 Å². The predicted octanol–water partition coefficient (Wildman–Crippen LogP) is 2.42. The zero-order valence-corrected chi connectivity index (χ0v) is 8.20. The fourth-order valence-electron chi connectivity index (χ4n) is 1.40. The van der Waals surface area contributed by atoms with E-state index in [1.54, 1.807) is 6.20 Å². The Morgan fingerprint density at radius 2 is 2.21 bits per heavy atom. The van der Waals surface area contributed by atoms with E-state index in [0.29, 0.717) is 0 Å². The van der Waals surface area contributed by atoms with Crippen molar-refractivity contribution >= 4 is 0 Å². The molecule has 0 radical (unpaired) electrons. The van der Waals surface area contributed by atoms with Gasteiger partial charge >= 0.3 is 0 Å². The van der Waals surface area contributed by atoms with Gasteiger partial charge in [0.15, 0.2) is 0 Å². The minimum atomic E-state index is 0.922. The monoisotopic (exact) mass is 187 g/mol. The highest BCUT2D eigenvalue weighted by Gasteiger charge is 2.02. The topological polar surface area (TPSA) is 41.6 Å². The predicted molar refractivity (Wildman–Crippen MR) is 55.8 cm³/mol. The molecular weight excluding hydrogens is 174 g/mol. The maximum atomic E-state index is 4.24. The van der Waals surface area contributed by atoms with Crippen LogP contribution in [0.15, 0.2) is 30.5 Å². The summed E-state index contributed by atoms with van der Waals surface area (Å²) >= 11 is 0. The van der Waals surface area contributed by atoms with Crippen molar-refractivity contribution in [2.45, 2.75) is 19.8 Å². The van der Waals surface area contributed by atoms with Crippen molar-refractivity contribution in [3.63, 3.8) is 0 Å². The summed E-state index contributed by atoms with van der Waals surface area (Å²) in [6.45, 7) is 2.15. The number of aromatic nitrogens is 3. The number of aromatic amines is 1. The number of aryl methyl sites for hydroxylation is 1. The summed E-state index contributed by atoms with van der Waals surface area (Å²) in [6.07, 6.45) is 3.95. The number of nitrogens with zero attached hydrogens (tertiary/aromatic N) is 2. The van der Waals surface area contributed by atoms with E-state index in [1.807, 2.05) is 18.2 Å². The molecule has 0 atom stereocenters. The third-order valence-electron chi connectivity index (χ3n) is 2.08. The average molecular weight is 187 g/mol. The molecule has 0 aromatic carbocycles. The molecule has 0 saturated carbocycles. The Morgan fingerprint density at radius 1 is 1.29 bits per heavy atom. The molecular formula is C11H13N3. The number of pyridine rings is 1. The third-order valence-corrected chi connectivity index (χ3v) is 2.08. The number of rotatable bonds is 3. The highest BCUT2D eigenvalue weighted by molar-refractivity contribution is 5.53. The molecule has 0 unspecified atom stereocenters. The van der Waals surface area contributed by atoms with E-state index in [-0.39, 0.29) is 0 Å². The molecule has 0 aliphatic heterocycles. The number of hydrogen-bond donors (Lipinski definition) is 1. The lowest BCUT2D eigenvalue weighted by Gasteiger charge is -1.91. The van der Waals surface area contributed by atoms with Gasteiger partial charge < -0.3 is 0 Å². The summed E-state index contributed by atoms with van der Waals surface area (Å²) < 4.78 is 0. The van der Waals surface area contributed by atoms with Crippen LogP contribution in [0.2, 0.25) is 0 Å². The lowest BCUT2D eigenvalue weighted by atomic mass is 10.2. The maximum absolute atomic E-state index is 4.24. The SMILES string of the molecule is CCCc1cc(-c2ccccn2)n[nH]1. The van der Waals surface area contributed by atoms with Crippen molar-refractivity contribution in [3.05, 3.63) is 36.2 Å². The van der Waals surface area contributed by atoms with Gasteiger partial charge in [0.1, 0.15) is 5.69 Å². The molecule has 0 spiro atoms. The summed E-state index contributed by atoms with van der Waals surface area (Å²) in [4.78, 5) is 4.24. The molecule has 2 aromatic rings. The Balaban J connectivity index is 2.25. The number of nitrogens with one attached hydrogen (secondary N) is 1. The van der Waals surface area contributed by atoms with E-state index >= 15 is 0 Å². The van der Waals surface area contributed by atoms with Crippen LogP contribution in [0.4, 0.5) is 0 Å². The molecule has 1 N–H and O–H groups in total. The first-order chi connectivity index (χ1) is 6.90. The summed E-state index contributed by atoms with van der Waals surface area (Å²) in [5, 5.41) is 7.23. The van der Waals surface area contributed by atoms with Crippen molar-refractivity contribution in [1.82, 2.24) is 15.2 Å². The fourth-order valence-corrected chi connectivity index (χ4v) is 1.40. The molecule has 2 rings (SSSR count). The molecule has 0 aliphatic rings. The molecule has 0 saturated heterocycles. The quantitative estimate of drug-likeness (QED) is 0.801. The van der Waals surface area contributed by atoms with Crippen LogP contribution >= 0.6 is 0 Å². The van der Waals surface area contributed by atoms with E-state index in [2.05, 4.69) is 28.2 Å². The minimum Gasteiger partial charge on any atom is -0.282 e. The van der Waals surface area contributed by atoms with Gasteiger partial charge in [0.2, 0.25) is 0 Å². The Labute approximate surface area is 83.2 Å². The molecule has 3 nitrogen and oxygen atoms in total. The number of hydrogen-bond acceptors (Lipinski definition) is 2. The Kier molecular flexibility index (Phi) is 2.58. The van der Waals surface area contributed by atoms with Crippen LogP contribution in [0.25, 0.3) is 11.4 Å². The maximum Gasteiger partial charge on any atom is 0.111 e. The van der Waals surface area contributed by atoms with E-state index in [4.69, 9.17) is 0 Å². The van der Waals surface area contributed by atoms with Gasteiger partial charge in [-0.15, -0.1) is 0 Å². The molecule has 14 heavy (non-hydrogen) atoms. The molecule has 3 heteroatoms. The highest BCUT2D eigenvalue weighted by atomic mass is 15.1. The van der Waals surface area contributed by atoms with Gasteiger partial charge in [-0.1, -0.05) is 19.4 Å². The second-order valence-corrected chi connectivity index (χ2v) is 3.24. The van der Waals surface area contributed by atoms with Crippen molar-refractivity contribution in [2.75, 3.05) is 0 Å². The first-order valence-electron chi connectivity index (χ1n) is 4.86. The van der Waals surface area contributed by atoms with Crippen LogP contribution in [0.3, 0.4) is 0 Å². The van der Waals surface area contributed by atoms with Gasteiger partial charge in [0.05, 0.1) is 5.69 Å². The highest BCUT2D eigenvalue weighted by Crippen LogP contribution is 2.14. The molecule has 2 heterocycles. The summed E-state index contributed by atoms with van der Waals surface area (Å²) in [5.74, 6) is 0. The zero-order valence-electron chi connectivity index (χ0n) is 8.20. The lowest BCUT2D eigenvalue weighted by molar-refractivity contribution is 0.867. The Morgan fingerprint density at radius 3 is 2.93 bits per heavy atom. The van der Waals surface area contributed by atoms with Crippen molar-refractivity contribution in [3.8, 4) is 11.4 Å². The smallest absolute Gasteiger partial charge is 0.111 e. The average Bonchev–Trinajstić information content (AvgIpc) is 2.68. The normalized spacial score (nSPS) is 10.4. The third kappa shape index (κ3) is 1.82. The molecule has 2 aromatic heterocycles. The van der Waals surface area contributed by atoms with Crippen LogP contribution in [-0.4, -0.2) is 15.2 Å². The van der Waals surface area contributed by atoms with Gasteiger partial charge in [0.25, 0.3) is 0 Å². The van der Waals surface area contributed by atoms with E-state index in [1.165, 1.54) is 5.69 Å². The van der Waals surface area contributed by atoms with Gasteiger partial charge in [-0.2, -0.15) is 5.10 Å². The van der Waals surface area contributed by atoms with E-state index in [9.17, 15) is 0 Å². The fraction of sp³-hybridized carbons (Fsp3) is 0.273. The summed E-state index contributed by atoms with van der Waals surface area (Å²) in [6, 6.07) is 7.90. The summed E-state index contributed by atoms with van der Waals surface area (Å²) in [7, 11) is 0. The van der Waals surface area contributed by atoms with Crippen molar-refractivity contribution < 1.29 is 0 Å². The molecule has 72 valence electrons. The first kappa shape index (κ1) is 8.94. The zero-order chi connectivity index (χ0) is 9.80. The minimum absolute atomic E-state index is 0.922. The molecule has 0 amide bonds. The van der Waals surface area contributed by atoms with Crippen LogP contribution in [0, 0.1) is 0 Å². The van der Waals surface area contributed by atoms with Crippen LogP contribution < -0.4 is 0 Å².